The number of aryl methyl sites for hydroxylation is 1. The van der Waals surface area contributed by atoms with Crippen LogP contribution in [-0.2, 0) is 21.4 Å². The summed E-state index contributed by atoms with van der Waals surface area (Å²) in [5.41, 5.74) is 1.03. The van der Waals surface area contributed by atoms with Crippen molar-refractivity contribution in [3.8, 4) is 5.75 Å². The van der Waals surface area contributed by atoms with E-state index < -0.39 is 21.5 Å². The molecule has 0 aliphatic carbocycles. The first-order valence-electron chi connectivity index (χ1n) is 9.74. The van der Waals surface area contributed by atoms with E-state index in [4.69, 9.17) is 4.74 Å². The Hall–Kier alpha value is -2.91. The summed E-state index contributed by atoms with van der Waals surface area (Å²) in [4.78, 5) is 24.6. The summed E-state index contributed by atoms with van der Waals surface area (Å²) in [6.07, 6.45) is 0. The van der Waals surface area contributed by atoms with E-state index in [9.17, 15) is 18.0 Å². The van der Waals surface area contributed by atoms with Crippen molar-refractivity contribution in [3.05, 3.63) is 59.2 Å². The van der Waals surface area contributed by atoms with Crippen LogP contribution in [0.2, 0.25) is 0 Å². The van der Waals surface area contributed by atoms with Gasteiger partial charge in [0.05, 0.1) is 18.6 Å². The van der Waals surface area contributed by atoms with E-state index in [1.54, 1.807) is 53.0 Å². The van der Waals surface area contributed by atoms with E-state index in [0.29, 0.717) is 12.1 Å². The molecular formula is C22H29N3O5S. The van der Waals surface area contributed by atoms with Gasteiger partial charge in [0.25, 0.3) is 5.91 Å². The second kappa shape index (κ2) is 9.93. The fourth-order valence-electron chi connectivity index (χ4n) is 2.74. The lowest BCUT2D eigenvalue weighted by Gasteiger charge is -2.20. The van der Waals surface area contributed by atoms with E-state index in [1.807, 2.05) is 12.1 Å². The van der Waals surface area contributed by atoms with Crippen molar-refractivity contribution in [1.29, 1.82) is 0 Å². The molecule has 2 aromatic carbocycles. The van der Waals surface area contributed by atoms with Gasteiger partial charge in [0, 0.05) is 17.6 Å². The van der Waals surface area contributed by atoms with Gasteiger partial charge in [-0.25, -0.2) is 13.1 Å². The summed E-state index contributed by atoms with van der Waals surface area (Å²) in [6.45, 7) is 6.98. The van der Waals surface area contributed by atoms with E-state index in [1.165, 1.54) is 12.1 Å². The van der Waals surface area contributed by atoms with Gasteiger partial charge in [-0.3, -0.25) is 9.59 Å². The molecule has 2 amide bonds. The fourth-order valence-corrected chi connectivity index (χ4v) is 4.18. The molecule has 0 radical (unpaired) electrons. The molecule has 31 heavy (non-hydrogen) atoms. The third kappa shape index (κ3) is 7.37. The number of ether oxygens (including phenoxy) is 1. The van der Waals surface area contributed by atoms with Crippen LogP contribution in [0.5, 0.6) is 5.75 Å². The van der Waals surface area contributed by atoms with Gasteiger partial charge in [-0.15, -0.1) is 0 Å². The van der Waals surface area contributed by atoms with E-state index in [2.05, 4.69) is 15.4 Å². The Bertz CT molecular complexity index is 1040. The molecule has 2 rings (SSSR count). The molecule has 3 N–H and O–H groups in total. The Morgan fingerprint density at radius 3 is 2.23 bits per heavy atom. The van der Waals surface area contributed by atoms with Crippen molar-refractivity contribution in [2.75, 3.05) is 13.7 Å². The van der Waals surface area contributed by atoms with Crippen LogP contribution in [0.1, 0.15) is 42.3 Å². The lowest BCUT2D eigenvalue weighted by molar-refractivity contribution is -0.120. The summed E-state index contributed by atoms with van der Waals surface area (Å²) in [5, 5.41) is 5.25. The molecule has 0 aliphatic rings. The largest absolute Gasteiger partial charge is 0.497 e. The molecule has 0 heterocycles. The standard InChI is InChI=1S/C22H29N3O5S/c1-15-6-11-18(31(28,29)25-22(2,3)4)12-19(15)21(27)24-14-20(26)23-13-16-7-9-17(30-5)10-8-16/h6-12,25H,13-14H2,1-5H3,(H,23,26)(H,24,27). The minimum Gasteiger partial charge on any atom is -0.497 e. The number of hydrogen-bond acceptors (Lipinski definition) is 5. The third-order valence-corrected chi connectivity index (χ3v) is 6.02. The van der Waals surface area contributed by atoms with Crippen LogP contribution in [0, 0.1) is 6.92 Å². The smallest absolute Gasteiger partial charge is 0.252 e. The zero-order valence-electron chi connectivity index (χ0n) is 18.4. The number of amides is 2. The number of benzene rings is 2. The maximum absolute atomic E-state index is 12.6. The first-order chi connectivity index (χ1) is 14.4. The Balaban J connectivity index is 1.99. The summed E-state index contributed by atoms with van der Waals surface area (Å²) in [7, 11) is -2.21. The molecule has 0 aromatic heterocycles. The quantitative estimate of drug-likeness (QED) is 0.574. The van der Waals surface area contributed by atoms with Crippen LogP contribution in [0.15, 0.2) is 47.4 Å². The predicted octanol–water partition coefficient (Wildman–Crippen LogP) is 2.13. The van der Waals surface area contributed by atoms with Crippen molar-refractivity contribution < 1.29 is 22.7 Å². The van der Waals surface area contributed by atoms with Crippen molar-refractivity contribution in [1.82, 2.24) is 15.4 Å². The zero-order valence-corrected chi connectivity index (χ0v) is 19.2. The summed E-state index contributed by atoms with van der Waals surface area (Å²) < 4.78 is 32.7. The topological polar surface area (TPSA) is 114 Å². The summed E-state index contributed by atoms with van der Waals surface area (Å²) in [6, 6.07) is 11.6. The molecule has 0 spiro atoms. The molecule has 8 nitrogen and oxygen atoms in total. The van der Waals surface area contributed by atoms with Crippen LogP contribution in [-0.4, -0.2) is 39.4 Å². The molecule has 0 unspecified atom stereocenters. The highest BCUT2D eigenvalue weighted by molar-refractivity contribution is 7.89. The Labute approximate surface area is 183 Å². The first kappa shape index (κ1) is 24.4. The molecule has 2 aromatic rings. The van der Waals surface area contributed by atoms with Crippen molar-refractivity contribution in [2.45, 2.75) is 44.7 Å². The molecule has 0 saturated heterocycles. The second-order valence-electron chi connectivity index (χ2n) is 8.14. The number of rotatable bonds is 8. The minimum atomic E-state index is -3.78. The van der Waals surface area contributed by atoms with Gasteiger partial charge >= 0.3 is 0 Å². The number of methoxy groups -OCH3 is 1. The summed E-state index contributed by atoms with van der Waals surface area (Å²) >= 11 is 0. The third-order valence-electron chi connectivity index (χ3n) is 4.26. The van der Waals surface area contributed by atoms with Gasteiger partial charge in [-0.05, 0) is 63.1 Å². The van der Waals surface area contributed by atoms with Gasteiger partial charge in [-0.2, -0.15) is 0 Å². The maximum Gasteiger partial charge on any atom is 0.252 e. The minimum absolute atomic E-state index is 0.0119. The molecule has 0 saturated carbocycles. The molecule has 0 fully saturated rings. The molecule has 9 heteroatoms. The Kier molecular flexibility index (Phi) is 7.80. The van der Waals surface area contributed by atoms with Crippen LogP contribution in [0.4, 0.5) is 0 Å². The number of nitrogens with one attached hydrogen (secondary N) is 3. The second-order valence-corrected chi connectivity index (χ2v) is 9.82. The van der Waals surface area contributed by atoms with Gasteiger partial charge in [0.2, 0.25) is 15.9 Å². The fraction of sp³-hybridized carbons (Fsp3) is 0.364. The highest BCUT2D eigenvalue weighted by atomic mass is 32.2. The molecule has 0 aliphatic heterocycles. The van der Waals surface area contributed by atoms with E-state index >= 15 is 0 Å². The number of sulfonamides is 1. The molecule has 168 valence electrons. The molecular weight excluding hydrogens is 418 g/mol. The highest BCUT2D eigenvalue weighted by Crippen LogP contribution is 2.18. The maximum atomic E-state index is 12.6. The lowest BCUT2D eigenvalue weighted by Crippen LogP contribution is -2.40. The van der Waals surface area contributed by atoms with Crippen LogP contribution >= 0.6 is 0 Å². The van der Waals surface area contributed by atoms with Crippen molar-refractivity contribution in [2.24, 2.45) is 0 Å². The van der Waals surface area contributed by atoms with Crippen molar-refractivity contribution in [3.63, 3.8) is 0 Å². The number of carbonyl (C=O) groups is 2. The zero-order chi connectivity index (χ0) is 23.2. The number of hydrogen-bond donors (Lipinski definition) is 3. The van der Waals surface area contributed by atoms with Crippen LogP contribution in [0.3, 0.4) is 0 Å². The van der Waals surface area contributed by atoms with Crippen LogP contribution in [0.25, 0.3) is 0 Å². The predicted molar refractivity (Wildman–Crippen MR) is 118 cm³/mol. The SMILES string of the molecule is COc1ccc(CNC(=O)CNC(=O)c2cc(S(=O)(=O)NC(C)(C)C)ccc2C)cc1. The van der Waals surface area contributed by atoms with Gasteiger partial charge in [-0.1, -0.05) is 18.2 Å². The highest BCUT2D eigenvalue weighted by Gasteiger charge is 2.23. The van der Waals surface area contributed by atoms with Gasteiger partial charge < -0.3 is 15.4 Å². The monoisotopic (exact) mass is 447 g/mol. The van der Waals surface area contributed by atoms with Gasteiger partial charge in [0.1, 0.15) is 5.75 Å². The van der Waals surface area contributed by atoms with Crippen LogP contribution < -0.4 is 20.1 Å². The first-order valence-corrected chi connectivity index (χ1v) is 11.2. The Morgan fingerprint density at radius 2 is 1.65 bits per heavy atom. The van der Waals surface area contributed by atoms with E-state index in [-0.39, 0.29) is 22.9 Å². The molecule has 0 atom stereocenters. The van der Waals surface area contributed by atoms with Gasteiger partial charge in [0.15, 0.2) is 0 Å². The number of carbonyl (C=O) groups excluding carboxylic acids is 2. The normalized spacial score (nSPS) is 11.6. The lowest BCUT2D eigenvalue weighted by atomic mass is 10.1. The van der Waals surface area contributed by atoms with E-state index in [0.717, 1.165) is 11.3 Å². The average molecular weight is 448 g/mol. The van der Waals surface area contributed by atoms with Crippen molar-refractivity contribution >= 4 is 21.8 Å². The summed E-state index contributed by atoms with van der Waals surface area (Å²) in [5.74, 6) is -0.162. The Morgan fingerprint density at radius 1 is 1.00 bits per heavy atom. The molecule has 0 bridgehead atoms. The average Bonchev–Trinajstić information content (AvgIpc) is 2.69.